The number of hydrogen-bond donors (Lipinski definition) is 1. The van der Waals surface area contributed by atoms with Crippen LogP contribution in [-0.4, -0.2) is 65.6 Å². The zero-order valence-electron chi connectivity index (χ0n) is 17.4. The average Bonchev–Trinajstić information content (AvgIpc) is 3.20. The van der Waals surface area contributed by atoms with Crippen LogP contribution in [0.15, 0.2) is 18.2 Å². The summed E-state index contributed by atoms with van der Waals surface area (Å²) >= 11 is 0. The van der Waals surface area contributed by atoms with Crippen LogP contribution in [0.2, 0.25) is 0 Å². The van der Waals surface area contributed by atoms with Crippen molar-refractivity contribution in [3.05, 3.63) is 41.0 Å². The van der Waals surface area contributed by atoms with Crippen LogP contribution in [0.4, 0.5) is 5.69 Å². The van der Waals surface area contributed by atoms with Gasteiger partial charge in [-0.2, -0.15) is 0 Å². The van der Waals surface area contributed by atoms with Crippen molar-refractivity contribution >= 4 is 5.69 Å². The zero-order valence-corrected chi connectivity index (χ0v) is 17.4. The molecule has 0 aliphatic carbocycles. The van der Waals surface area contributed by atoms with Crippen molar-refractivity contribution in [1.82, 2.24) is 25.0 Å². The molecule has 1 aromatic carbocycles. The molecule has 29 heavy (non-hydrogen) atoms. The first kappa shape index (κ1) is 19.0. The van der Waals surface area contributed by atoms with E-state index in [9.17, 15) is 0 Å². The fourth-order valence-corrected chi connectivity index (χ4v) is 4.94. The lowest BCUT2D eigenvalue weighted by Crippen LogP contribution is -2.37. The Morgan fingerprint density at radius 1 is 1.14 bits per heavy atom. The van der Waals surface area contributed by atoms with Crippen molar-refractivity contribution in [3.63, 3.8) is 0 Å². The van der Waals surface area contributed by atoms with Crippen molar-refractivity contribution < 1.29 is 4.74 Å². The van der Waals surface area contributed by atoms with Crippen molar-refractivity contribution in [2.24, 2.45) is 0 Å². The van der Waals surface area contributed by atoms with Gasteiger partial charge in [0, 0.05) is 50.9 Å². The summed E-state index contributed by atoms with van der Waals surface area (Å²) < 4.78 is 7.84. The summed E-state index contributed by atoms with van der Waals surface area (Å²) in [5.41, 5.74) is 4.16. The van der Waals surface area contributed by atoms with Gasteiger partial charge in [0.1, 0.15) is 11.6 Å². The summed E-state index contributed by atoms with van der Waals surface area (Å²) in [6, 6.07) is 6.97. The van der Waals surface area contributed by atoms with E-state index in [1.165, 1.54) is 42.0 Å². The summed E-state index contributed by atoms with van der Waals surface area (Å²) in [6.45, 7) is 12.0. The highest BCUT2D eigenvalue weighted by molar-refractivity contribution is 5.51. The lowest BCUT2D eigenvalue weighted by atomic mass is 9.96. The summed E-state index contributed by atoms with van der Waals surface area (Å²) in [5.74, 6) is 2.79. The second-order valence-corrected chi connectivity index (χ2v) is 8.59. The van der Waals surface area contributed by atoms with Crippen LogP contribution in [0.1, 0.15) is 41.5 Å². The number of likely N-dealkylation sites (tertiary alicyclic amines) is 1. The van der Waals surface area contributed by atoms with Crippen LogP contribution in [0, 0.1) is 6.92 Å². The second kappa shape index (κ2) is 8.42. The summed E-state index contributed by atoms with van der Waals surface area (Å²) in [7, 11) is 0. The van der Waals surface area contributed by atoms with E-state index in [1.54, 1.807) is 0 Å². The Morgan fingerprint density at radius 3 is 2.90 bits per heavy atom. The number of nitrogens with one attached hydrogen (secondary N) is 1. The van der Waals surface area contributed by atoms with Gasteiger partial charge >= 0.3 is 0 Å². The van der Waals surface area contributed by atoms with Crippen LogP contribution in [0.5, 0.6) is 0 Å². The van der Waals surface area contributed by atoms with Gasteiger partial charge in [-0.1, -0.05) is 6.07 Å². The molecule has 0 saturated carbocycles. The van der Waals surface area contributed by atoms with Crippen molar-refractivity contribution in [1.29, 1.82) is 0 Å². The highest BCUT2D eigenvalue weighted by Gasteiger charge is 2.28. The van der Waals surface area contributed by atoms with Gasteiger partial charge in [-0.25, -0.2) is 0 Å². The molecule has 1 aromatic heterocycles. The maximum absolute atomic E-state index is 5.49. The number of anilines is 1. The number of fused-ring (bicyclic) bond motifs is 1. The van der Waals surface area contributed by atoms with E-state index >= 15 is 0 Å². The molecule has 0 bridgehead atoms. The van der Waals surface area contributed by atoms with Gasteiger partial charge in [-0.15, -0.1) is 10.2 Å². The fraction of sp³-hybridized carbons (Fsp3) is 0.636. The molecule has 2 aromatic rings. The highest BCUT2D eigenvalue weighted by Crippen LogP contribution is 2.29. The van der Waals surface area contributed by atoms with E-state index < -0.39 is 0 Å². The lowest BCUT2D eigenvalue weighted by molar-refractivity contribution is 0.122. The van der Waals surface area contributed by atoms with Gasteiger partial charge < -0.3 is 19.5 Å². The largest absolute Gasteiger partial charge is 0.378 e. The minimum atomic E-state index is 0.496. The van der Waals surface area contributed by atoms with Gasteiger partial charge in [0.15, 0.2) is 0 Å². The number of benzene rings is 1. The molecule has 5 rings (SSSR count). The molecule has 156 valence electrons. The number of rotatable bonds is 4. The maximum Gasteiger partial charge on any atom is 0.147 e. The molecule has 3 aliphatic heterocycles. The molecule has 0 spiro atoms. The third kappa shape index (κ3) is 4.04. The number of morpholine rings is 1. The Balaban J connectivity index is 1.26. The first-order valence-electron chi connectivity index (χ1n) is 11.1. The molecule has 2 saturated heterocycles. The molecule has 0 unspecified atom stereocenters. The van der Waals surface area contributed by atoms with Gasteiger partial charge in [0.2, 0.25) is 0 Å². The van der Waals surface area contributed by atoms with Crippen molar-refractivity contribution in [2.45, 2.75) is 45.3 Å². The second-order valence-electron chi connectivity index (χ2n) is 8.59. The smallest absolute Gasteiger partial charge is 0.147 e. The Labute approximate surface area is 173 Å². The molecule has 2 fully saturated rings. The van der Waals surface area contributed by atoms with E-state index in [0.717, 1.165) is 64.9 Å². The Bertz CT molecular complexity index is 844. The van der Waals surface area contributed by atoms with Crippen LogP contribution < -0.4 is 10.2 Å². The molecule has 0 radical (unpaired) electrons. The first-order valence-corrected chi connectivity index (χ1v) is 11.1. The van der Waals surface area contributed by atoms with E-state index in [4.69, 9.17) is 4.74 Å². The third-order valence-electron chi connectivity index (χ3n) is 6.62. The summed E-state index contributed by atoms with van der Waals surface area (Å²) in [6.07, 6.45) is 2.45. The summed E-state index contributed by atoms with van der Waals surface area (Å²) in [4.78, 5) is 5.04. The molecule has 1 atom stereocenters. The first-order chi connectivity index (χ1) is 14.3. The molecule has 7 nitrogen and oxygen atoms in total. The van der Waals surface area contributed by atoms with Crippen LogP contribution in [-0.2, 0) is 24.4 Å². The predicted molar refractivity (Wildman–Crippen MR) is 113 cm³/mol. The zero-order chi connectivity index (χ0) is 19.6. The van der Waals surface area contributed by atoms with Gasteiger partial charge in [-0.05, 0) is 49.6 Å². The maximum atomic E-state index is 5.49. The number of ether oxygens (including phenoxy) is 1. The minimum absolute atomic E-state index is 0.496. The van der Waals surface area contributed by atoms with Gasteiger partial charge in [-0.3, -0.25) is 4.90 Å². The van der Waals surface area contributed by atoms with Gasteiger partial charge in [0.25, 0.3) is 0 Å². The number of piperidine rings is 1. The minimum Gasteiger partial charge on any atom is -0.378 e. The SMILES string of the molecule is Cc1cc(N2CCOCC2)ccc1CN1CCC[C@@H](c2nnc3n2CCNC3)C1. The standard InChI is InChI=1S/C22H32N6O/c1-17-13-20(27-9-11-29-12-10-27)5-4-18(17)15-26-7-2-3-19(16-26)22-25-24-21-14-23-6-8-28(21)22/h4-5,13,19,23H,2-3,6-12,14-16H2,1H3/t19-/m1/s1. The normalized spacial score (nSPS) is 23.2. The van der Waals surface area contributed by atoms with E-state index in [0.29, 0.717) is 5.92 Å². The predicted octanol–water partition coefficient (Wildman–Crippen LogP) is 1.91. The van der Waals surface area contributed by atoms with E-state index in [1.807, 2.05) is 0 Å². The number of hydrogen-bond acceptors (Lipinski definition) is 6. The Kier molecular flexibility index (Phi) is 5.52. The molecular weight excluding hydrogens is 364 g/mol. The lowest BCUT2D eigenvalue weighted by Gasteiger charge is -2.33. The molecule has 3 aliphatic rings. The summed E-state index contributed by atoms with van der Waals surface area (Å²) in [5, 5.41) is 12.4. The fourth-order valence-electron chi connectivity index (χ4n) is 4.94. The third-order valence-corrected chi connectivity index (χ3v) is 6.62. The quantitative estimate of drug-likeness (QED) is 0.852. The monoisotopic (exact) mass is 396 g/mol. The number of aryl methyl sites for hydroxylation is 1. The average molecular weight is 397 g/mol. The van der Waals surface area contributed by atoms with Crippen LogP contribution >= 0.6 is 0 Å². The topological polar surface area (TPSA) is 58.5 Å². The molecule has 4 heterocycles. The molecular formula is C22H32N6O. The number of aromatic nitrogens is 3. The van der Waals surface area contributed by atoms with E-state index in [-0.39, 0.29) is 0 Å². The molecule has 7 heteroatoms. The van der Waals surface area contributed by atoms with Gasteiger partial charge in [0.05, 0.1) is 19.8 Å². The van der Waals surface area contributed by atoms with Crippen LogP contribution in [0.3, 0.4) is 0 Å². The molecule has 0 amide bonds. The molecule has 1 N–H and O–H groups in total. The highest BCUT2D eigenvalue weighted by atomic mass is 16.5. The van der Waals surface area contributed by atoms with Crippen LogP contribution in [0.25, 0.3) is 0 Å². The number of nitrogens with zero attached hydrogens (tertiary/aromatic N) is 5. The van der Waals surface area contributed by atoms with Crippen molar-refractivity contribution in [2.75, 3.05) is 50.8 Å². The Morgan fingerprint density at radius 2 is 2.03 bits per heavy atom. The van der Waals surface area contributed by atoms with Crippen molar-refractivity contribution in [3.8, 4) is 0 Å². The Hall–Kier alpha value is -1.96. The van der Waals surface area contributed by atoms with E-state index in [2.05, 4.69) is 55.0 Å².